The number of rotatable bonds is 5. The lowest BCUT2D eigenvalue weighted by Gasteiger charge is -2.15. The Hall–Kier alpha value is -0.940. The van der Waals surface area contributed by atoms with Gasteiger partial charge in [0.1, 0.15) is 0 Å². The van der Waals surface area contributed by atoms with E-state index in [9.17, 15) is 4.79 Å². The second-order valence-corrected chi connectivity index (χ2v) is 7.51. The summed E-state index contributed by atoms with van der Waals surface area (Å²) in [5.41, 5.74) is 0.120. The largest absolute Gasteiger partial charge is 0.343 e. The maximum absolute atomic E-state index is 11.9. The van der Waals surface area contributed by atoms with Crippen LogP contribution in [0.4, 0.5) is 0 Å². The van der Waals surface area contributed by atoms with Crippen molar-refractivity contribution in [1.82, 2.24) is 15.2 Å². The molecule has 0 aromatic carbocycles. The molecular weight excluding hydrogens is 270 g/mol. The predicted molar refractivity (Wildman–Crippen MR) is 83.0 cm³/mol. The lowest BCUT2D eigenvalue weighted by Crippen LogP contribution is -2.30. The van der Waals surface area contributed by atoms with Crippen LogP contribution in [0.3, 0.4) is 0 Å². The van der Waals surface area contributed by atoms with Gasteiger partial charge in [-0.05, 0) is 12.8 Å². The number of carbonyl (C=O) groups is 1. The van der Waals surface area contributed by atoms with Crippen molar-refractivity contribution in [2.24, 2.45) is 0 Å². The smallest absolute Gasteiger partial charge is 0.223 e. The van der Waals surface area contributed by atoms with Crippen molar-refractivity contribution in [2.75, 3.05) is 19.6 Å². The second kappa shape index (κ2) is 6.68. The Kier molecular flexibility index (Phi) is 5.16. The van der Waals surface area contributed by atoms with Gasteiger partial charge in [0, 0.05) is 49.1 Å². The average molecular weight is 295 g/mol. The van der Waals surface area contributed by atoms with Crippen LogP contribution in [0.15, 0.2) is 6.20 Å². The molecule has 1 aromatic heterocycles. The molecule has 1 N–H and O–H groups in total. The Morgan fingerprint density at radius 2 is 2.10 bits per heavy atom. The number of likely N-dealkylation sites (tertiary alicyclic amines) is 1. The number of aromatic nitrogens is 1. The Morgan fingerprint density at radius 1 is 1.40 bits per heavy atom. The Balaban J connectivity index is 1.68. The van der Waals surface area contributed by atoms with Crippen LogP contribution in [0.25, 0.3) is 0 Å². The highest BCUT2D eigenvalue weighted by molar-refractivity contribution is 7.11. The predicted octanol–water partition coefficient (Wildman–Crippen LogP) is 2.54. The molecule has 1 aliphatic rings. The fourth-order valence-electron chi connectivity index (χ4n) is 2.27. The normalized spacial score (nSPS) is 15.8. The number of carbonyl (C=O) groups excluding carboxylic acids is 1. The maximum atomic E-state index is 11.9. The van der Waals surface area contributed by atoms with Crippen molar-refractivity contribution in [2.45, 2.75) is 52.0 Å². The highest BCUT2D eigenvalue weighted by atomic mass is 32.1. The van der Waals surface area contributed by atoms with Gasteiger partial charge in [0.05, 0.1) is 5.01 Å². The van der Waals surface area contributed by atoms with Crippen molar-refractivity contribution in [3.05, 3.63) is 16.1 Å². The SMILES string of the molecule is CC(C)(C)c1ncc(CNCCC(=O)N2CCCC2)s1. The summed E-state index contributed by atoms with van der Waals surface area (Å²) < 4.78 is 0. The lowest BCUT2D eigenvalue weighted by molar-refractivity contribution is -0.130. The number of amides is 1. The average Bonchev–Trinajstić information content (AvgIpc) is 3.04. The number of nitrogens with zero attached hydrogens (tertiary/aromatic N) is 2. The first kappa shape index (κ1) is 15.4. The molecule has 1 saturated heterocycles. The van der Waals surface area contributed by atoms with Crippen LogP contribution in [0.2, 0.25) is 0 Å². The number of nitrogens with one attached hydrogen (secondary N) is 1. The molecule has 1 fully saturated rings. The van der Waals surface area contributed by atoms with Gasteiger partial charge in [-0.25, -0.2) is 4.98 Å². The van der Waals surface area contributed by atoms with Gasteiger partial charge in [-0.1, -0.05) is 20.8 Å². The van der Waals surface area contributed by atoms with Crippen molar-refractivity contribution in [3.8, 4) is 0 Å². The second-order valence-electron chi connectivity index (χ2n) is 6.40. The molecule has 0 atom stereocenters. The van der Waals surface area contributed by atoms with Crippen LogP contribution in [-0.2, 0) is 16.8 Å². The minimum Gasteiger partial charge on any atom is -0.343 e. The number of thiazole rings is 1. The minimum atomic E-state index is 0.120. The third-order valence-corrected chi connectivity index (χ3v) is 4.89. The van der Waals surface area contributed by atoms with Crippen LogP contribution in [0.1, 0.15) is 49.9 Å². The fourth-order valence-corrected chi connectivity index (χ4v) is 3.21. The molecule has 0 aliphatic carbocycles. The summed E-state index contributed by atoms with van der Waals surface area (Å²) in [4.78, 5) is 19.6. The zero-order chi connectivity index (χ0) is 14.6. The summed E-state index contributed by atoms with van der Waals surface area (Å²) in [6, 6.07) is 0. The van der Waals surface area contributed by atoms with Gasteiger partial charge in [0.25, 0.3) is 0 Å². The van der Waals surface area contributed by atoms with Gasteiger partial charge < -0.3 is 10.2 Å². The topological polar surface area (TPSA) is 45.2 Å². The molecule has 1 aromatic rings. The molecule has 2 rings (SSSR count). The van der Waals surface area contributed by atoms with E-state index in [2.05, 4.69) is 31.1 Å². The first-order valence-electron chi connectivity index (χ1n) is 7.40. The first-order valence-corrected chi connectivity index (χ1v) is 8.22. The summed E-state index contributed by atoms with van der Waals surface area (Å²) in [5, 5.41) is 4.51. The Labute approximate surface area is 125 Å². The maximum Gasteiger partial charge on any atom is 0.223 e. The Bertz CT molecular complexity index is 444. The van der Waals surface area contributed by atoms with Crippen LogP contribution >= 0.6 is 11.3 Å². The van der Waals surface area contributed by atoms with E-state index in [0.29, 0.717) is 6.42 Å². The van der Waals surface area contributed by atoms with Crippen molar-refractivity contribution in [1.29, 1.82) is 0 Å². The molecule has 20 heavy (non-hydrogen) atoms. The fraction of sp³-hybridized carbons (Fsp3) is 0.733. The molecular formula is C15H25N3OS. The third-order valence-electron chi connectivity index (χ3n) is 3.47. The summed E-state index contributed by atoms with van der Waals surface area (Å²) in [6.07, 6.45) is 4.87. The zero-order valence-electron chi connectivity index (χ0n) is 12.7. The summed E-state index contributed by atoms with van der Waals surface area (Å²) >= 11 is 1.76. The summed E-state index contributed by atoms with van der Waals surface area (Å²) in [5.74, 6) is 0.287. The van der Waals surface area contributed by atoms with E-state index in [4.69, 9.17) is 0 Å². The standard InChI is InChI=1S/C15H25N3OS/c1-15(2,3)14-17-11-12(20-14)10-16-7-6-13(19)18-8-4-5-9-18/h11,16H,4-10H2,1-3H3. The summed E-state index contributed by atoms with van der Waals surface area (Å²) in [7, 11) is 0. The quantitative estimate of drug-likeness (QED) is 0.849. The van der Waals surface area contributed by atoms with Crippen molar-refractivity contribution in [3.63, 3.8) is 0 Å². The molecule has 0 bridgehead atoms. The van der Waals surface area contributed by atoms with Crippen molar-refractivity contribution >= 4 is 17.2 Å². The molecule has 0 unspecified atom stereocenters. The van der Waals surface area contributed by atoms with E-state index in [1.54, 1.807) is 11.3 Å². The molecule has 0 spiro atoms. The van der Waals surface area contributed by atoms with Gasteiger partial charge in [-0.3, -0.25) is 4.79 Å². The van der Waals surface area contributed by atoms with Gasteiger partial charge in [-0.2, -0.15) is 0 Å². The van der Waals surface area contributed by atoms with E-state index in [0.717, 1.165) is 39.0 Å². The number of hydrogen-bond acceptors (Lipinski definition) is 4. The molecule has 2 heterocycles. The van der Waals surface area contributed by atoms with Crippen LogP contribution in [0, 0.1) is 0 Å². The summed E-state index contributed by atoms with van der Waals surface area (Å²) in [6.45, 7) is 9.98. The van der Waals surface area contributed by atoms with Crippen molar-refractivity contribution < 1.29 is 4.79 Å². The van der Waals surface area contributed by atoms with Crippen LogP contribution in [-0.4, -0.2) is 35.4 Å². The molecule has 5 heteroatoms. The van der Waals surface area contributed by atoms with E-state index < -0.39 is 0 Å². The Morgan fingerprint density at radius 3 is 2.70 bits per heavy atom. The van der Waals surface area contributed by atoms with Gasteiger partial charge in [-0.15, -0.1) is 11.3 Å². The van der Waals surface area contributed by atoms with Gasteiger partial charge in [0.15, 0.2) is 0 Å². The number of hydrogen-bond donors (Lipinski definition) is 1. The lowest BCUT2D eigenvalue weighted by atomic mass is 9.98. The minimum absolute atomic E-state index is 0.120. The molecule has 1 aliphatic heterocycles. The molecule has 1 amide bonds. The molecule has 112 valence electrons. The van der Waals surface area contributed by atoms with E-state index in [-0.39, 0.29) is 11.3 Å². The van der Waals surface area contributed by atoms with Gasteiger partial charge >= 0.3 is 0 Å². The van der Waals surface area contributed by atoms with E-state index >= 15 is 0 Å². The van der Waals surface area contributed by atoms with E-state index in [1.807, 2.05) is 11.1 Å². The molecule has 4 nitrogen and oxygen atoms in total. The molecule has 0 radical (unpaired) electrons. The van der Waals surface area contributed by atoms with Crippen LogP contribution < -0.4 is 5.32 Å². The van der Waals surface area contributed by atoms with Gasteiger partial charge in [0.2, 0.25) is 5.91 Å². The molecule has 0 saturated carbocycles. The van der Waals surface area contributed by atoms with E-state index in [1.165, 1.54) is 9.88 Å². The first-order chi connectivity index (χ1) is 9.47. The highest BCUT2D eigenvalue weighted by Gasteiger charge is 2.18. The van der Waals surface area contributed by atoms with Crippen LogP contribution in [0.5, 0.6) is 0 Å². The highest BCUT2D eigenvalue weighted by Crippen LogP contribution is 2.26. The zero-order valence-corrected chi connectivity index (χ0v) is 13.6. The monoisotopic (exact) mass is 295 g/mol. The third kappa shape index (κ3) is 4.28.